The van der Waals surface area contributed by atoms with Crippen molar-refractivity contribution in [1.29, 1.82) is 0 Å². The second-order valence-corrected chi connectivity index (χ2v) is 20.4. The Morgan fingerprint density at radius 1 is 0.718 bits per heavy atom. The van der Waals surface area contributed by atoms with E-state index in [1.807, 2.05) is 6.26 Å². The number of thiol groups is 1. The molecule has 0 spiro atoms. The van der Waals surface area contributed by atoms with Crippen molar-refractivity contribution < 1.29 is 53.4 Å². The summed E-state index contributed by atoms with van der Waals surface area (Å²) in [6, 6.07) is -10.7. The molecule has 1 heterocycles. The quantitative estimate of drug-likeness (QED) is 0.0160. The summed E-state index contributed by atoms with van der Waals surface area (Å²) in [6.07, 6.45) is 3.11. The number of nitrogens with two attached hydrogens (primary N) is 3. The topological polar surface area (TPSA) is 372 Å². The van der Waals surface area contributed by atoms with Crippen molar-refractivity contribution in [2.45, 2.75) is 180 Å². The molecule has 11 atom stereocenters. The fourth-order valence-electron chi connectivity index (χ4n) is 7.60. The third-order valence-corrected chi connectivity index (χ3v) is 13.1. The zero-order valence-electron chi connectivity index (χ0n) is 43.0. The van der Waals surface area contributed by atoms with E-state index in [4.69, 9.17) is 17.2 Å². The lowest BCUT2D eigenvalue weighted by atomic mass is 9.96. The smallest absolute Gasteiger partial charge is 0.326 e. The second-order valence-electron chi connectivity index (χ2n) is 19.0. The van der Waals surface area contributed by atoms with Crippen molar-refractivity contribution in [3.63, 3.8) is 0 Å². The standard InChI is InChI=1S/C46H84N12O11S2/c1-10-26(6)35(42(65)54-31(45(68)69)15-11-12-21-70)56-39(62)32(23-24(2)3)55-43(66)36(28(8)59)57-38(61)29(16-13-19-50-46(48)49)52-40(63)33-17-14-20-58(33)44(67)27(7)51-37(60)30(18-22-71-9)53-41(64)34(47)25(4)5/h24-36,59,70H,10-23,47H2,1-9H3,(H,51,60)(H,52,63)(H,53,64)(H,54,65)(H,55,66)(H,56,62)(H,57,61)(H,68,69)(H4,48,49,50)/t26-,27-,28+,29-,30-,31-,32-,33-,34-,35-,36-/m0/s1. The van der Waals surface area contributed by atoms with Crippen LogP contribution in [0.25, 0.3) is 0 Å². The number of amides is 8. The minimum Gasteiger partial charge on any atom is -0.480 e. The molecule has 0 unspecified atom stereocenters. The molecule has 0 bridgehead atoms. The van der Waals surface area contributed by atoms with Gasteiger partial charge >= 0.3 is 5.97 Å². The van der Waals surface area contributed by atoms with Crippen LogP contribution in [0.1, 0.15) is 120 Å². The molecule has 8 amide bonds. The van der Waals surface area contributed by atoms with E-state index in [0.29, 0.717) is 37.2 Å². The Hall–Kier alpha value is -4.88. The molecule has 25 heteroatoms. The number of aliphatic hydroxyl groups excluding tert-OH is 1. The van der Waals surface area contributed by atoms with E-state index in [1.54, 1.807) is 41.5 Å². The predicted molar refractivity (Wildman–Crippen MR) is 276 cm³/mol. The molecule has 1 aliphatic rings. The number of nitrogens with one attached hydrogen (secondary N) is 7. The number of carboxylic acids is 1. The minimum absolute atomic E-state index is 0.0596. The Bertz CT molecular complexity index is 1810. The number of carbonyl (C=O) groups is 9. The maximum absolute atomic E-state index is 14.1. The molecule has 0 aromatic carbocycles. The van der Waals surface area contributed by atoms with Crippen LogP contribution in [0, 0.1) is 17.8 Å². The monoisotopic (exact) mass is 1040 g/mol. The van der Waals surface area contributed by atoms with Gasteiger partial charge in [-0.15, -0.1) is 0 Å². The molecule has 0 aromatic heterocycles. The Balaban J connectivity index is 3.35. The summed E-state index contributed by atoms with van der Waals surface area (Å²) in [7, 11) is 0. The third-order valence-electron chi connectivity index (χ3n) is 12.1. The van der Waals surface area contributed by atoms with Gasteiger partial charge in [0.15, 0.2) is 5.96 Å². The highest BCUT2D eigenvalue weighted by molar-refractivity contribution is 7.98. The number of hydrogen-bond donors (Lipinski definition) is 13. The van der Waals surface area contributed by atoms with E-state index in [0.717, 1.165) is 0 Å². The molecule has 0 aromatic rings. The number of hydrogen-bond acceptors (Lipinski definition) is 14. The molecule has 0 aliphatic carbocycles. The highest BCUT2D eigenvalue weighted by Gasteiger charge is 2.40. The number of rotatable bonds is 33. The van der Waals surface area contributed by atoms with Crippen LogP contribution in [-0.2, 0) is 43.2 Å². The van der Waals surface area contributed by atoms with Crippen LogP contribution in [0.15, 0.2) is 4.99 Å². The van der Waals surface area contributed by atoms with Gasteiger partial charge in [-0.05, 0) is 107 Å². The van der Waals surface area contributed by atoms with Crippen LogP contribution >= 0.6 is 24.4 Å². The Kier molecular flexibility index (Phi) is 29.8. The van der Waals surface area contributed by atoms with Crippen LogP contribution in [0.3, 0.4) is 0 Å². The molecule has 1 fully saturated rings. The zero-order valence-corrected chi connectivity index (χ0v) is 44.7. The normalized spacial score (nSPS) is 17.7. The fraction of sp³-hybridized carbons (Fsp3) is 0.783. The van der Waals surface area contributed by atoms with E-state index < -0.39 is 120 Å². The van der Waals surface area contributed by atoms with Crippen molar-refractivity contribution >= 4 is 83.6 Å². The molecule has 406 valence electrons. The number of carboxylic acid groups (broad SMARTS) is 1. The number of thioether (sulfide) groups is 1. The Labute approximate surface area is 428 Å². The SMILES string of the molecule is CC[C@H](C)[C@H](NC(=O)[C@H](CC(C)C)NC(=O)[C@@H](NC(=O)[C@H](CCCN=C(N)N)NC(=O)[C@@H]1CCCN1C(=O)[C@H](C)NC(=O)[C@H](CCSC)NC(=O)[C@@H](N)C(C)C)[C@@H](C)O)C(=O)N[C@@H](CCCCS)C(=O)O. The molecule has 23 nitrogen and oxygen atoms in total. The van der Waals surface area contributed by atoms with Gasteiger partial charge in [-0.3, -0.25) is 43.3 Å². The zero-order chi connectivity index (χ0) is 54.1. The lowest BCUT2D eigenvalue weighted by Crippen LogP contribution is -2.62. The molecular formula is C46H84N12O11S2. The lowest BCUT2D eigenvalue weighted by Gasteiger charge is -2.31. The first-order valence-corrected chi connectivity index (χ1v) is 26.6. The molecule has 1 saturated heterocycles. The summed E-state index contributed by atoms with van der Waals surface area (Å²) >= 11 is 5.63. The summed E-state index contributed by atoms with van der Waals surface area (Å²) in [5, 5.41) is 39.0. The first-order chi connectivity index (χ1) is 33.3. The van der Waals surface area contributed by atoms with E-state index in [1.165, 1.54) is 30.5 Å². The van der Waals surface area contributed by atoms with Crippen LogP contribution in [0.2, 0.25) is 0 Å². The highest BCUT2D eigenvalue weighted by Crippen LogP contribution is 2.20. The molecule has 1 aliphatic heterocycles. The van der Waals surface area contributed by atoms with Gasteiger partial charge in [0.2, 0.25) is 47.3 Å². The summed E-state index contributed by atoms with van der Waals surface area (Å²) in [5.41, 5.74) is 17.0. The number of aliphatic imine (C=N–C) groups is 1. The van der Waals surface area contributed by atoms with Crippen molar-refractivity contribution in [2.24, 2.45) is 39.9 Å². The van der Waals surface area contributed by atoms with Crippen LogP contribution in [0.5, 0.6) is 0 Å². The van der Waals surface area contributed by atoms with Gasteiger partial charge in [-0.25, -0.2) is 4.79 Å². The first kappa shape index (κ1) is 64.1. The Morgan fingerprint density at radius 3 is 1.82 bits per heavy atom. The van der Waals surface area contributed by atoms with Crippen molar-refractivity contribution in [3.8, 4) is 0 Å². The summed E-state index contributed by atoms with van der Waals surface area (Å²) in [6.45, 7) is 13.6. The van der Waals surface area contributed by atoms with Crippen molar-refractivity contribution in [2.75, 3.05) is 30.9 Å². The van der Waals surface area contributed by atoms with Crippen molar-refractivity contribution in [3.05, 3.63) is 0 Å². The van der Waals surface area contributed by atoms with E-state index >= 15 is 0 Å². The molecule has 71 heavy (non-hydrogen) atoms. The van der Waals surface area contributed by atoms with E-state index in [2.05, 4.69) is 54.8 Å². The van der Waals surface area contributed by atoms with Gasteiger partial charge in [-0.1, -0.05) is 48.0 Å². The summed E-state index contributed by atoms with van der Waals surface area (Å²) in [5.74, 6) is -6.90. The van der Waals surface area contributed by atoms with Gasteiger partial charge in [0, 0.05) is 13.1 Å². The lowest BCUT2D eigenvalue weighted by molar-refractivity contribution is -0.143. The van der Waals surface area contributed by atoms with Crippen LogP contribution in [0.4, 0.5) is 0 Å². The molecular weight excluding hydrogens is 961 g/mol. The van der Waals surface area contributed by atoms with Gasteiger partial charge < -0.3 is 69.5 Å². The molecule has 0 radical (unpaired) electrons. The van der Waals surface area contributed by atoms with Gasteiger partial charge in [0.05, 0.1) is 12.1 Å². The summed E-state index contributed by atoms with van der Waals surface area (Å²) in [4.78, 5) is 127. The maximum Gasteiger partial charge on any atom is 0.326 e. The number of aliphatic hydroxyl groups is 1. The third kappa shape index (κ3) is 22.6. The predicted octanol–water partition coefficient (Wildman–Crippen LogP) is -1.16. The second kappa shape index (κ2) is 33.0. The van der Waals surface area contributed by atoms with Gasteiger partial charge in [0.1, 0.15) is 48.3 Å². The molecule has 15 N–H and O–H groups in total. The van der Waals surface area contributed by atoms with Gasteiger partial charge in [0.25, 0.3) is 0 Å². The highest BCUT2D eigenvalue weighted by atomic mass is 32.2. The number of likely N-dealkylation sites (tertiary alicyclic amines) is 1. The average molecular weight is 1050 g/mol. The molecule has 0 saturated carbocycles. The largest absolute Gasteiger partial charge is 0.480 e. The number of guanidine groups is 1. The van der Waals surface area contributed by atoms with E-state index in [9.17, 15) is 53.4 Å². The maximum atomic E-state index is 14.1. The average Bonchev–Trinajstić information content (AvgIpc) is 3.80. The van der Waals surface area contributed by atoms with Crippen LogP contribution in [-0.4, -0.2) is 166 Å². The molecule has 1 rings (SSSR count). The minimum atomic E-state index is -1.66. The van der Waals surface area contributed by atoms with Crippen LogP contribution < -0.4 is 54.4 Å². The first-order valence-electron chi connectivity index (χ1n) is 24.6. The van der Waals surface area contributed by atoms with Gasteiger partial charge in [-0.2, -0.15) is 24.4 Å². The summed E-state index contributed by atoms with van der Waals surface area (Å²) < 4.78 is 0. The number of nitrogens with zero attached hydrogens (tertiary/aromatic N) is 2. The fourth-order valence-corrected chi connectivity index (χ4v) is 8.30. The number of aliphatic carboxylic acids is 1. The number of carbonyl (C=O) groups excluding carboxylic acids is 8. The number of unbranched alkanes of at least 4 members (excludes halogenated alkanes) is 1. The van der Waals surface area contributed by atoms with E-state index in [-0.39, 0.29) is 69.4 Å². The Morgan fingerprint density at radius 2 is 1.27 bits per heavy atom. The van der Waals surface area contributed by atoms with Crippen molar-refractivity contribution in [1.82, 2.24) is 42.1 Å².